The van der Waals surface area contributed by atoms with E-state index in [0.717, 1.165) is 17.2 Å². The standard InChI is InChI=1S/C15H27N5O/c1-9(2)18-11(21)8-17-13-10(3)12(16-7)19-14(20-13)15(4,5)6/h9H,8H2,1-7H3,(H,18,21)(H2,16,17,19,20). The summed E-state index contributed by atoms with van der Waals surface area (Å²) in [7, 11) is 1.83. The predicted molar refractivity (Wildman–Crippen MR) is 86.8 cm³/mol. The fourth-order valence-electron chi connectivity index (χ4n) is 1.80. The largest absolute Gasteiger partial charge is 0.373 e. The Balaban J connectivity index is 2.98. The minimum absolute atomic E-state index is 0.0497. The lowest BCUT2D eigenvalue weighted by atomic mass is 9.95. The summed E-state index contributed by atoms with van der Waals surface area (Å²) in [6.07, 6.45) is 0. The summed E-state index contributed by atoms with van der Waals surface area (Å²) in [6.45, 7) is 12.2. The zero-order chi connectivity index (χ0) is 16.2. The Kier molecular flexibility index (Phi) is 5.52. The van der Waals surface area contributed by atoms with Crippen LogP contribution in [0, 0.1) is 6.92 Å². The molecule has 1 aromatic heterocycles. The van der Waals surface area contributed by atoms with Crippen LogP contribution < -0.4 is 16.0 Å². The normalized spacial score (nSPS) is 11.4. The van der Waals surface area contributed by atoms with Crippen LogP contribution in [0.5, 0.6) is 0 Å². The molecule has 0 saturated carbocycles. The van der Waals surface area contributed by atoms with Crippen LogP contribution in [0.25, 0.3) is 0 Å². The highest BCUT2D eigenvalue weighted by molar-refractivity contribution is 5.81. The van der Waals surface area contributed by atoms with Crippen molar-refractivity contribution in [1.29, 1.82) is 0 Å². The van der Waals surface area contributed by atoms with Gasteiger partial charge in [0.15, 0.2) is 0 Å². The first-order valence-electron chi connectivity index (χ1n) is 7.25. The molecule has 1 heterocycles. The Labute approximate surface area is 127 Å². The third-order valence-electron chi connectivity index (χ3n) is 2.92. The maximum Gasteiger partial charge on any atom is 0.239 e. The molecule has 0 saturated heterocycles. The van der Waals surface area contributed by atoms with Crippen molar-refractivity contribution in [3.05, 3.63) is 11.4 Å². The minimum atomic E-state index is -0.157. The van der Waals surface area contributed by atoms with E-state index in [-0.39, 0.29) is 23.9 Å². The Morgan fingerprint density at radius 3 is 2.24 bits per heavy atom. The first-order valence-corrected chi connectivity index (χ1v) is 7.25. The lowest BCUT2D eigenvalue weighted by Gasteiger charge is -2.20. The Hall–Kier alpha value is -1.85. The Bertz CT molecular complexity index is 506. The third-order valence-corrected chi connectivity index (χ3v) is 2.92. The number of amides is 1. The fourth-order valence-corrected chi connectivity index (χ4v) is 1.80. The van der Waals surface area contributed by atoms with Gasteiger partial charge in [-0.25, -0.2) is 9.97 Å². The summed E-state index contributed by atoms with van der Waals surface area (Å²) in [5.41, 5.74) is 0.749. The predicted octanol–water partition coefficient (Wildman–Crippen LogP) is 2.06. The second kappa shape index (κ2) is 6.74. The molecule has 0 unspecified atom stereocenters. The van der Waals surface area contributed by atoms with E-state index in [9.17, 15) is 4.79 Å². The molecule has 0 radical (unpaired) electrons. The monoisotopic (exact) mass is 293 g/mol. The van der Waals surface area contributed by atoms with E-state index in [2.05, 4.69) is 46.7 Å². The molecule has 1 aromatic rings. The highest BCUT2D eigenvalue weighted by Crippen LogP contribution is 2.25. The molecule has 0 atom stereocenters. The van der Waals surface area contributed by atoms with Gasteiger partial charge in [-0.15, -0.1) is 0 Å². The van der Waals surface area contributed by atoms with Crippen LogP contribution in [0.2, 0.25) is 0 Å². The Morgan fingerprint density at radius 2 is 1.76 bits per heavy atom. The maximum absolute atomic E-state index is 11.7. The van der Waals surface area contributed by atoms with Gasteiger partial charge in [-0.3, -0.25) is 4.79 Å². The van der Waals surface area contributed by atoms with E-state index >= 15 is 0 Å². The fraction of sp³-hybridized carbons (Fsp3) is 0.667. The number of nitrogens with zero attached hydrogens (tertiary/aromatic N) is 2. The van der Waals surface area contributed by atoms with Crippen molar-refractivity contribution < 1.29 is 4.79 Å². The van der Waals surface area contributed by atoms with Crippen LogP contribution in [-0.2, 0) is 10.2 Å². The van der Waals surface area contributed by atoms with Crippen LogP contribution >= 0.6 is 0 Å². The molecule has 0 aliphatic rings. The zero-order valence-corrected chi connectivity index (χ0v) is 14.1. The first kappa shape index (κ1) is 17.2. The van der Waals surface area contributed by atoms with Crippen molar-refractivity contribution in [2.24, 2.45) is 0 Å². The topological polar surface area (TPSA) is 78.9 Å². The number of aromatic nitrogens is 2. The molecular formula is C15H27N5O. The zero-order valence-electron chi connectivity index (χ0n) is 14.1. The molecule has 6 nitrogen and oxygen atoms in total. The van der Waals surface area contributed by atoms with E-state index in [0.29, 0.717) is 5.82 Å². The van der Waals surface area contributed by atoms with Gasteiger partial charge < -0.3 is 16.0 Å². The van der Waals surface area contributed by atoms with Gasteiger partial charge in [-0.1, -0.05) is 20.8 Å². The van der Waals surface area contributed by atoms with Crippen molar-refractivity contribution in [1.82, 2.24) is 15.3 Å². The lowest BCUT2D eigenvalue weighted by molar-refractivity contribution is -0.119. The molecule has 0 aliphatic heterocycles. The maximum atomic E-state index is 11.7. The number of rotatable bonds is 5. The van der Waals surface area contributed by atoms with E-state index in [1.165, 1.54) is 0 Å². The summed E-state index contributed by atoms with van der Waals surface area (Å²) in [5, 5.41) is 9.02. The van der Waals surface area contributed by atoms with Gasteiger partial charge in [0.1, 0.15) is 17.5 Å². The van der Waals surface area contributed by atoms with Gasteiger partial charge in [-0.05, 0) is 20.8 Å². The van der Waals surface area contributed by atoms with Crippen molar-refractivity contribution in [2.45, 2.75) is 53.0 Å². The highest BCUT2D eigenvalue weighted by atomic mass is 16.1. The molecule has 21 heavy (non-hydrogen) atoms. The number of carbonyl (C=O) groups excluding carboxylic acids is 1. The van der Waals surface area contributed by atoms with Crippen molar-refractivity contribution in [2.75, 3.05) is 24.2 Å². The molecule has 6 heteroatoms. The average molecular weight is 293 g/mol. The van der Waals surface area contributed by atoms with Crippen LogP contribution in [0.4, 0.5) is 11.6 Å². The summed E-state index contributed by atoms with van der Waals surface area (Å²) in [5.74, 6) is 2.16. The van der Waals surface area contributed by atoms with Gasteiger partial charge in [0.05, 0.1) is 6.54 Å². The molecule has 0 aliphatic carbocycles. The highest BCUT2D eigenvalue weighted by Gasteiger charge is 2.21. The van der Waals surface area contributed by atoms with Crippen LogP contribution in [0.15, 0.2) is 0 Å². The second-order valence-corrected chi connectivity index (χ2v) is 6.45. The van der Waals surface area contributed by atoms with Gasteiger partial charge in [0.25, 0.3) is 0 Å². The van der Waals surface area contributed by atoms with Crippen molar-refractivity contribution in [3.63, 3.8) is 0 Å². The quantitative estimate of drug-likeness (QED) is 0.774. The molecule has 0 aromatic carbocycles. The summed E-state index contributed by atoms with van der Waals surface area (Å²) < 4.78 is 0. The minimum Gasteiger partial charge on any atom is -0.373 e. The molecule has 3 N–H and O–H groups in total. The van der Waals surface area contributed by atoms with Crippen LogP contribution in [-0.4, -0.2) is 35.5 Å². The smallest absolute Gasteiger partial charge is 0.239 e. The van der Waals surface area contributed by atoms with E-state index in [1.807, 2.05) is 27.8 Å². The molecule has 118 valence electrons. The molecule has 1 rings (SSSR count). The number of hydrogen-bond donors (Lipinski definition) is 3. The summed E-state index contributed by atoms with van der Waals surface area (Å²) in [4.78, 5) is 20.8. The first-order chi connectivity index (χ1) is 9.65. The number of carbonyl (C=O) groups is 1. The Morgan fingerprint density at radius 1 is 1.19 bits per heavy atom. The average Bonchev–Trinajstić information content (AvgIpc) is 2.35. The van der Waals surface area contributed by atoms with E-state index in [1.54, 1.807) is 0 Å². The number of hydrogen-bond acceptors (Lipinski definition) is 5. The summed E-state index contributed by atoms with van der Waals surface area (Å²) >= 11 is 0. The molecule has 0 bridgehead atoms. The molecular weight excluding hydrogens is 266 g/mol. The van der Waals surface area contributed by atoms with Gasteiger partial charge in [0.2, 0.25) is 5.91 Å². The van der Waals surface area contributed by atoms with Crippen molar-refractivity contribution in [3.8, 4) is 0 Å². The lowest BCUT2D eigenvalue weighted by Crippen LogP contribution is -2.35. The van der Waals surface area contributed by atoms with Gasteiger partial charge in [0, 0.05) is 24.1 Å². The van der Waals surface area contributed by atoms with E-state index in [4.69, 9.17) is 0 Å². The van der Waals surface area contributed by atoms with Crippen LogP contribution in [0.1, 0.15) is 46.0 Å². The van der Waals surface area contributed by atoms with Gasteiger partial charge in [-0.2, -0.15) is 0 Å². The third kappa shape index (κ3) is 4.88. The molecule has 0 fully saturated rings. The molecule has 0 spiro atoms. The molecule has 1 amide bonds. The van der Waals surface area contributed by atoms with E-state index < -0.39 is 0 Å². The number of anilines is 2. The van der Waals surface area contributed by atoms with Crippen molar-refractivity contribution >= 4 is 17.5 Å². The summed E-state index contributed by atoms with van der Waals surface area (Å²) in [6, 6.07) is 0.129. The SMILES string of the molecule is CNc1nc(C(C)(C)C)nc(NCC(=O)NC(C)C)c1C. The second-order valence-electron chi connectivity index (χ2n) is 6.45. The van der Waals surface area contributed by atoms with Crippen LogP contribution in [0.3, 0.4) is 0 Å². The van der Waals surface area contributed by atoms with Gasteiger partial charge >= 0.3 is 0 Å². The number of nitrogens with one attached hydrogen (secondary N) is 3.